The highest BCUT2D eigenvalue weighted by Gasteiger charge is 2.40. The van der Waals surface area contributed by atoms with Crippen LogP contribution in [0.2, 0.25) is 0 Å². The van der Waals surface area contributed by atoms with E-state index in [1.165, 1.54) is 0 Å². The lowest BCUT2D eigenvalue weighted by Gasteiger charge is -2.23. The van der Waals surface area contributed by atoms with Crippen molar-refractivity contribution < 1.29 is 9.53 Å². The van der Waals surface area contributed by atoms with Gasteiger partial charge < -0.3 is 4.74 Å². The summed E-state index contributed by atoms with van der Waals surface area (Å²) in [7, 11) is 0. The summed E-state index contributed by atoms with van der Waals surface area (Å²) >= 11 is 0. The first-order chi connectivity index (χ1) is 6.63. The van der Waals surface area contributed by atoms with Crippen LogP contribution in [0, 0.1) is 0 Å². The molecule has 0 fully saturated rings. The van der Waals surface area contributed by atoms with E-state index in [-0.39, 0.29) is 5.78 Å². The quantitative estimate of drug-likeness (QED) is 0.676. The number of hydrogen-bond acceptors (Lipinski definition) is 2. The Morgan fingerprint density at radius 3 is 2.36 bits per heavy atom. The maximum atomic E-state index is 11.7. The van der Waals surface area contributed by atoms with Crippen LogP contribution in [0.15, 0.2) is 42.2 Å². The predicted molar refractivity (Wildman–Crippen MR) is 53.6 cm³/mol. The van der Waals surface area contributed by atoms with Gasteiger partial charge in [0.05, 0.1) is 5.76 Å². The molecule has 1 aliphatic heterocycles. The van der Waals surface area contributed by atoms with Gasteiger partial charge in [-0.1, -0.05) is 30.3 Å². The fourth-order valence-corrected chi connectivity index (χ4v) is 1.68. The first kappa shape index (κ1) is 9.00. The fourth-order valence-electron chi connectivity index (χ4n) is 1.68. The lowest BCUT2D eigenvalue weighted by Crippen LogP contribution is -2.29. The Hall–Kier alpha value is -1.57. The highest BCUT2D eigenvalue weighted by atomic mass is 16.5. The largest absolute Gasteiger partial charge is 0.479 e. The molecule has 0 aliphatic carbocycles. The van der Waals surface area contributed by atoms with Crippen molar-refractivity contribution in [2.75, 3.05) is 0 Å². The Balaban J connectivity index is 2.41. The number of ether oxygens (including phenoxy) is 1. The minimum atomic E-state index is -0.814. The van der Waals surface area contributed by atoms with Crippen LogP contribution in [-0.4, -0.2) is 5.78 Å². The third kappa shape index (κ3) is 1.23. The maximum absolute atomic E-state index is 11.7. The third-order valence-corrected chi connectivity index (χ3v) is 2.49. The van der Waals surface area contributed by atoms with Crippen LogP contribution in [-0.2, 0) is 15.1 Å². The lowest BCUT2D eigenvalue weighted by atomic mass is 9.92. The van der Waals surface area contributed by atoms with Gasteiger partial charge in [-0.25, -0.2) is 0 Å². The molecule has 1 atom stereocenters. The summed E-state index contributed by atoms with van der Waals surface area (Å²) in [5.41, 5.74) is 0.0869. The maximum Gasteiger partial charge on any atom is 0.206 e. The summed E-state index contributed by atoms with van der Waals surface area (Å²) in [6.45, 7) is 3.60. The summed E-state index contributed by atoms with van der Waals surface area (Å²) in [6.07, 6.45) is 1.55. The van der Waals surface area contributed by atoms with Gasteiger partial charge in [-0.3, -0.25) is 4.79 Å². The van der Waals surface area contributed by atoms with Gasteiger partial charge in [0.1, 0.15) is 0 Å². The summed E-state index contributed by atoms with van der Waals surface area (Å²) in [6, 6.07) is 9.55. The summed E-state index contributed by atoms with van der Waals surface area (Å²) in [5, 5.41) is 0. The van der Waals surface area contributed by atoms with Crippen molar-refractivity contribution >= 4 is 5.78 Å². The molecule has 14 heavy (non-hydrogen) atoms. The number of ketones is 1. The molecule has 72 valence electrons. The van der Waals surface area contributed by atoms with Crippen molar-refractivity contribution in [1.29, 1.82) is 0 Å². The standard InChI is InChI=1S/C12H12O2/c1-9-8-11(13)12(2,14-9)10-6-4-3-5-7-10/h3-8H,1-2H3. The van der Waals surface area contributed by atoms with Gasteiger partial charge in [0.15, 0.2) is 5.60 Å². The lowest BCUT2D eigenvalue weighted by molar-refractivity contribution is -0.129. The average Bonchev–Trinajstić information content (AvgIpc) is 2.43. The molecule has 0 saturated carbocycles. The monoisotopic (exact) mass is 188 g/mol. The molecule has 0 amide bonds. The van der Waals surface area contributed by atoms with Crippen molar-refractivity contribution in [2.45, 2.75) is 19.4 Å². The van der Waals surface area contributed by atoms with E-state index >= 15 is 0 Å². The van der Waals surface area contributed by atoms with Crippen molar-refractivity contribution in [3.05, 3.63) is 47.7 Å². The van der Waals surface area contributed by atoms with Gasteiger partial charge in [0.2, 0.25) is 5.78 Å². The van der Waals surface area contributed by atoms with Gasteiger partial charge in [0, 0.05) is 11.6 Å². The molecule has 0 saturated heterocycles. The molecule has 1 aromatic carbocycles. The molecule has 0 bridgehead atoms. The van der Waals surface area contributed by atoms with Crippen LogP contribution in [0.3, 0.4) is 0 Å². The highest BCUT2D eigenvalue weighted by Crippen LogP contribution is 2.34. The molecule has 1 unspecified atom stereocenters. The second-order valence-corrected chi connectivity index (χ2v) is 3.62. The van der Waals surface area contributed by atoms with Crippen molar-refractivity contribution in [1.82, 2.24) is 0 Å². The van der Waals surface area contributed by atoms with Crippen LogP contribution >= 0.6 is 0 Å². The van der Waals surface area contributed by atoms with E-state index in [4.69, 9.17) is 4.74 Å². The highest BCUT2D eigenvalue weighted by molar-refractivity contribution is 5.99. The van der Waals surface area contributed by atoms with Crippen LogP contribution in [0.1, 0.15) is 19.4 Å². The molecule has 0 aromatic heterocycles. The number of carbonyl (C=O) groups is 1. The van der Waals surface area contributed by atoms with Crippen LogP contribution < -0.4 is 0 Å². The molecule has 2 heteroatoms. The van der Waals surface area contributed by atoms with E-state index in [0.717, 1.165) is 5.56 Å². The van der Waals surface area contributed by atoms with Crippen molar-refractivity contribution in [3.63, 3.8) is 0 Å². The Morgan fingerprint density at radius 1 is 1.21 bits per heavy atom. The molecule has 1 aromatic rings. The van der Waals surface area contributed by atoms with E-state index in [1.54, 1.807) is 19.9 Å². The Bertz CT molecular complexity index is 392. The molecule has 0 spiro atoms. The molecule has 0 N–H and O–H groups in total. The van der Waals surface area contributed by atoms with Gasteiger partial charge in [-0.15, -0.1) is 0 Å². The number of hydrogen-bond donors (Lipinski definition) is 0. The van der Waals surface area contributed by atoms with E-state index < -0.39 is 5.60 Å². The van der Waals surface area contributed by atoms with E-state index in [9.17, 15) is 4.79 Å². The van der Waals surface area contributed by atoms with Gasteiger partial charge in [0.25, 0.3) is 0 Å². The fraction of sp³-hybridized carbons (Fsp3) is 0.250. The van der Waals surface area contributed by atoms with Crippen LogP contribution in [0.4, 0.5) is 0 Å². The van der Waals surface area contributed by atoms with Gasteiger partial charge in [-0.2, -0.15) is 0 Å². The minimum absolute atomic E-state index is 0.0150. The normalized spacial score (nSPS) is 25.9. The molecule has 1 heterocycles. The van der Waals surface area contributed by atoms with Crippen LogP contribution in [0.25, 0.3) is 0 Å². The molecular weight excluding hydrogens is 176 g/mol. The summed E-state index contributed by atoms with van der Waals surface area (Å²) in [5.74, 6) is 0.697. The second-order valence-electron chi connectivity index (χ2n) is 3.62. The van der Waals surface area contributed by atoms with Crippen molar-refractivity contribution in [3.8, 4) is 0 Å². The number of allylic oxidation sites excluding steroid dienone is 1. The molecular formula is C12H12O2. The average molecular weight is 188 g/mol. The smallest absolute Gasteiger partial charge is 0.206 e. The van der Waals surface area contributed by atoms with E-state index in [1.807, 2.05) is 30.3 Å². The van der Waals surface area contributed by atoms with E-state index in [0.29, 0.717) is 5.76 Å². The zero-order valence-electron chi connectivity index (χ0n) is 8.28. The van der Waals surface area contributed by atoms with Crippen LogP contribution in [0.5, 0.6) is 0 Å². The zero-order valence-corrected chi connectivity index (χ0v) is 8.28. The van der Waals surface area contributed by atoms with Gasteiger partial charge in [-0.05, 0) is 13.8 Å². The Morgan fingerprint density at radius 2 is 1.86 bits per heavy atom. The summed E-state index contributed by atoms with van der Waals surface area (Å²) in [4.78, 5) is 11.7. The molecule has 1 aliphatic rings. The number of benzene rings is 1. The molecule has 2 rings (SSSR count). The zero-order chi connectivity index (χ0) is 10.2. The first-order valence-electron chi connectivity index (χ1n) is 4.60. The Kier molecular flexibility index (Phi) is 1.92. The second kappa shape index (κ2) is 2.98. The third-order valence-electron chi connectivity index (χ3n) is 2.49. The van der Waals surface area contributed by atoms with E-state index in [2.05, 4.69) is 0 Å². The first-order valence-corrected chi connectivity index (χ1v) is 4.60. The Labute approximate surface area is 83.2 Å². The molecule has 2 nitrogen and oxygen atoms in total. The summed E-state index contributed by atoms with van der Waals surface area (Å²) < 4.78 is 5.56. The van der Waals surface area contributed by atoms with Crippen molar-refractivity contribution in [2.24, 2.45) is 0 Å². The van der Waals surface area contributed by atoms with Gasteiger partial charge >= 0.3 is 0 Å². The number of carbonyl (C=O) groups excluding carboxylic acids is 1. The molecule has 0 radical (unpaired) electrons. The predicted octanol–water partition coefficient (Wildman–Crippen LogP) is 2.40. The number of rotatable bonds is 1. The SMILES string of the molecule is CC1=CC(=O)C(C)(c2ccccc2)O1. The minimum Gasteiger partial charge on any atom is -0.479 e. The topological polar surface area (TPSA) is 26.3 Å².